The molecule has 7 aromatic carbocycles. The van der Waals surface area contributed by atoms with Crippen molar-refractivity contribution in [1.82, 2.24) is 29.1 Å². The fraction of sp³-hybridized carbons (Fsp3) is 0. The van der Waals surface area contributed by atoms with E-state index in [0.717, 1.165) is 94.8 Å². The summed E-state index contributed by atoms with van der Waals surface area (Å²) in [5.74, 6) is 0.673. The van der Waals surface area contributed by atoms with Crippen molar-refractivity contribution in [2.45, 2.75) is 0 Å². The molecular formula is C56H36N6. The molecule has 12 aromatic rings. The van der Waals surface area contributed by atoms with Crippen molar-refractivity contribution in [1.29, 1.82) is 0 Å². The minimum absolute atomic E-state index is 0.673. The van der Waals surface area contributed by atoms with Crippen LogP contribution in [0.3, 0.4) is 0 Å². The lowest BCUT2D eigenvalue weighted by molar-refractivity contribution is 1.13. The Labute approximate surface area is 357 Å². The Balaban J connectivity index is 1.15. The van der Waals surface area contributed by atoms with Gasteiger partial charge in [-0.25, -0.2) is 9.97 Å². The fourth-order valence-corrected chi connectivity index (χ4v) is 8.96. The van der Waals surface area contributed by atoms with Gasteiger partial charge in [0.2, 0.25) is 0 Å². The Morgan fingerprint density at radius 1 is 0.274 bits per heavy atom. The van der Waals surface area contributed by atoms with Crippen molar-refractivity contribution in [3.8, 4) is 67.8 Å². The highest BCUT2D eigenvalue weighted by molar-refractivity contribution is 6.12. The third kappa shape index (κ3) is 6.04. The molecular weight excluding hydrogens is 757 g/mol. The highest BCUT2D eigenvalue weighted by Gasteiger charge is 2.20. The van der Waals surface area contributed by atoms with Crippen LogP contribution in [0, 0.1) is 0 Å². The molecule has 5 aromatic heterocycles. The van der Waals surface area contributed by atoms with E-state index in [-0.39, 0.29) is 0 Å². The van der Waals surface area contributed by atoms with Gasteiger partial charge in [-0.15, -0.1) is 0 Å². The maximum atomic E-state index is 5.34. The lowest BCUT2D eigenvalue weighted by atomic mass is 10.0. The summed E-state index contributed by atoms with van der Waals surface area (Å²) in [6.45, 7) is 0. The minimum Gasteiger partial charge on any atom is -0.309 e. The van der Waals surface area contributed by atoms with Gasteiger partial charge in [-0.2, -0.15) is 0 Å². The molecule has 0 bridgehead atoms. The predicted octanol–water partition coefficient (Wildman–Crippen LogP) is 13.8. The Morgan fingerprint density at radius 2 is 0.726 bits per heavy atom. The summed E-state index contributed by atoms with van der Waals surface area (Å²) in [6, 6.07) is 72.5. The van der Waals surface area contributed by atoms with Gasteiger partial charge < -0.3 is 9.13 Å². The van der Waals surface area contributed by atoms with Gasteiger partial charge in [-0.05, 0) is 84.9 Å². The number of aromatic nitrogens is 6. The molecule has 0 amide bonds. The van der Waals surface area contributed by atoms with Crippen molar-refractivity contribution in [2.75, 3.05) is 0 Å². The first-order valence-corrected chi connectivity index (χ1v) is 20.8. The molecule has 0 fully saturated rings. The summed E-state index contributed by atoms with van der Waals surface area (Å²) in [5, 5.41) is 4.67. The molecule has 0 spiro atoms. The van der Waals surface area contributed by atoms with Crippen molar-refractivity contribution in [3.05, 3.63) is 219 Å². The largest absolute Gasteiger partial charge is 0.309 e. The molecule has 5 heterocycles. The summed E-state index contributed by atoms with van der Waals surface area (Å²) in [4.78, 5) is 19.9. The van der Waals surface area contributed by atoms with Gasteiger partial charge in [0, 0.05) is 73.1 Å². The van der Waals surface area contributed by atoms with Crippen molar-refractivity contribution in [3.63, 3.8) is 0 Å². The van der Waals surface area contributed by atoms with Crippen LogP contribution in [0.5, 0.6) is 0 Å². The topological polar surface area (TPSA) is 61.4 Å². The van der Waals surface area contributed by atoms with Gasteiger partial charge >= 0.3 is 0 Å². The van der Waals surface area contributed by atoms with Crippen molar-refractivity contribution < 1.29 is 0 Å². The van der Waals surface area contributed by atoms with Gasteiger partial charge in [0.1, 0.15) is 0 Å². The van der Waals surface area contributed by atoms with Crippen LogP contribution in [0.4, 0.5) is 0 Å². The molecule has 6 heteroatoms. The van der Waals surface area contributed by atoms with Crippen LogP contribution in [-0.4, -0.2) is 29.1 Å². The third-order valence-electron chi connectivity index (χ3n) is 11.8. The van der Waals surface area contributed by atoms with E-state index in [9.17, 15) is 0 Å². The molecule has 0 aliphatic heterocycles. The monoisotopic (exact) mass is 792 g/mol. The molecule has 62 heavy (non-hydrogen) atoms. The summed E-state index contributed by atoms with van der Waals surface area (Å²) in [5.41, 5.74) is 15.2. The van der Waals surface area contributed by atoms with Crippen LogP contribution in [-0.2, 0) is 0 Å². The highest BCUT2D eigenvalue weighted by Crippen LogP contribution is 2.40. The van der Waals surface area contributed by atoms with E-state index in [1.807, 2.05) is 60.9 Å². The summed E-state index contributed by atoms with van der Waals surface area (Å²) in [7, 11) is 0. The summed E-state index contributed by atoms with van der Waals surface area (Å²) < 4.78 is 4.79. The van der Waals surface area contributed by atoms with E-state index in [4.69, 9.17) is 19.9 Å². The van der Waals surface area contributed by atoms with E-state index in [2.05, 4.69) is 167 Å². The Morgan fingerprint density at radius 3 is 1.24 bits per heavy atom. The zero-order valence-corrected chi connectivity index (χ0v) is 33.5. The van der Waals surface area contributed by atoms with Crippen molar-refractivity contribution in [2.24, 2.45) is 0 Å². The molecule has 0 atom stereocenters. The maximum absolute atomic E-state index is 5.34. The molecule has 0 aliphatic rings. The first kappa shape index (κ1) is 35.5. The standard InChI is InChI=1S/C56H36N6/c1-3-15-37(16-4-1)50-36-51(60-56(59-50)38-17-5-2-6-18-38)41-31-42(61-52-23-9-7-19-44(52)46-33-39(25-27-54(46)61)48-21-11-13-29-57-48)35-43(32-41)62-53-24-10-8-20-45(53)47-34-40(26-28-55(47)62)49-22-12-14-30-58-49/h1-36H. The summed E-state index contributed by atoms with van der Waals surface area (Å²) in [6.07, 6.45) is 3.70. The quantitative estimate of drug-likeness (QED) is 0.161. The third-order valence-corrected chi connectivity index (χ3v) is 11.8. The zero-order chi connectivity index (χ0) is 41.0. The van der Waals surface area contributed by atoms with Crippen LogP contribution in [0.15, 0.2) is 219 Å². The van der Waals surface area contributed by atoms with Gasteiger partial charge in [-0.1, -0.05) is 121 Å². The number of rotatable bonds is 7. The molecule has 0 saturated heterocycles. The molecule has 0 saturated carbocycles. The molecule has 6 nitrogen and oxygen atoms in total. The van der Waals surface area contributed by atoms with E-state index in [0.29, 0.717) is 5.82 Å². The van der Waals surface area contributed by atoms with E-state index in [1.165, 1.54) is 10.8 Å². The van der Waals surface area contributed by atoms with Crippen LogP contribution in [0.1, 0.15) is 0 Å². The number of nitrogens with zero attached hydrogens (tertiary/aromatic N) is 6. The SMILES string of the molecule is c1ccc(-c2cc(-c3cc(-n4c5ccccc5c5cc(-c6ccccn6)ccc54)cc(-n4c5ccccc5c5cc(-c6ccccn6)ccc54)c3)nc(-c3ccccc3)n2)cc1. The normalized spacial score (nSPS) is 11.5. The Hall–Kier alpha value is -8.48. The smallest absolute Gasteiger partial charge is 0.160 e. The van der Waals surface area contributed by atoms with Crippen LogP contribution in [0.2, 0.25) is 0 Å². The number of hydrogen-bond acceptors (Lipinski definition) is 4. The Kier molecular flexibility index (Phi) is 8.38. The van der Waals surface area contributed by atoms with Crippen LogP contribution >= 0.6 is 0 Å². The van der Waals surface area contributed by atoms with Gasteiger partial charge in [-0.3, -0.25) is 9.97 Å². The molecule has 0 N–H and O–H groups in total. The number of fused-ring (bicyclic) bond motifs is 6. The molecule has 0 unspecified atom stereocenters. The van der Waals surface area contributed by atoms with Crippen LogP contribution < -0.4 is 0 Å². The number of hydrogen-bond donors (Lipinski definition) is 0. The lowest BCUT2D eigenvalue weighted by Gasteiger charge is -2.16. The highest BCUT2D eigenvalue weighted by atomic mass is 15.0. The fourth-order valence-electron chi connectivity index (χ4n) is 8.96. The lowest BCUT2D eigenvalue weighted by Crippen LogP contribution is -2.01. The second-order valence-corrected chi connectivity index (χ2v) is 15.5. The first-order valence-electron chi connectivity index (χ1n) is 20.8. The van der Waals surface area contributed by atoms with E-state index < -0.39 is 0 Å². The van der Waals surface area contributed by atoms with Gasteiger partial charge in [0.25, 0.3) is 0 Å². The molecule has 0 radical (unpaired) electrons. The van der Waals surface area contributed by atoms with Gasteiger partial charge in [0.15, 0.2) is 5.82 Å². The van der Waals surface area contributed by atoms with E-state index >= 15 is 0 Å². The van der Waals surface area contributed by atoms with Crippen molar-refractivity contribution >= 4 is 43.6 Å². The molecule has 0 aliphatic carbocycles. The average molecular weight is 793 g/mol. The molecule has 290 valence electrons. The number of benzene rings is 7. The second-order valence-electron chi connectivity index (χ2n) is 15.5. The van der Waals surface area contributed by atoms with E-state index in [1.54, 1.807) is 0 Å². The van der Waals surface area contributed by atoms with Crippen LogP contribution in [0.25, 0.3) is 111 Å². The predicted molar refractivity (Wildman–Crippen MR) is 253 cm³/mol. The average Bonchev–Trinajstić information content (AvgIpc) is 3.87. The Bertz CT molecular complexity index is 3380. The zero-order valence-electron chi connectivity index (χ0n) is 33.5. The maximum Gasteiger partial charge on any atom is 0.160 e. The van der Waals surface area contributed by atoms with Gasteiger partial charge in [0.05, 0.1) is 44.8 Å². The molecule has 12 rings (SSSR count). The first-order chi connectivity index (χ1) is 30.7. The number of pyridine rings is 2. The second kappa shape index (κ2) is 14.7. The summed E-state index contributed by atoms with van der Waals surface area (Å²) >= 11 is 0. The minimum atomic E-state index is 0.673. The number of para-hydroxylation sites is 2.